The Morgan fingerprint density at radius 1 is 0.438 bits per heavy atom. The van der Waals surface area contributed by atoms with Gasteiger partial charge in [0, 0.05) is 210 Å². The normalized spacial score (nSPS) is 9.58. The van der Waals surface area contributed by atoms with Gasteiger partial charge in [0.05, 0.1) is 36.8 Å². The molecule has 1 aromatic heterocycles. The SMILES string of the molecule is C/C=C/C.C/C=C/C(C)=O.C/C=C1\SC(=O)N(CC)C1=O.CC(=O)NNC(C)=O.CC(=O)NNC(C)=O.CC(=O)Nc1nc(C)cs1.CC=NNC.CC=NNC(C)=O.CC=NNC(C)=O.CCCC(C)=O.CCCNC(C)=O.CCNC.CCNC(C)=O.CCNNC(C)=O.CNC(=O)CNC(C)=O.CNC(=O)NC.CNC(C)=O.CNC(C)=O.CNNC(C)=O.CNS(C)(=O)=O.CNS(C)(=O)=O.COC(C)=O. The minimum absolute atomic E-state index is 0.00463. The molecule has 0 spiro atoms. The average Bonchev–Trinajstić information content (AvgIpc) is 1.70. The first kappa shape index (κ1) is 180. The van der Waals surface area contributed by atoms with E-state index < -0.39 is 20.0 Å². The van der Waals surface area contributed by atoms with Crippen molar-refractivity contribution in [3.05, 3.63) is 46.4 Å². The van der Waals surface area contributed by atoms with Gasteiger partial charge in [-0.2, -0.15) is 15.3 Å². The Bertz CT molecular complexity index is 3720. The Labute approximate surface area is 865 Å². The average molecular weight is 2150 g/mol. The summed E-state index contributed by atoms with van der Waals surface area (Å²) in [5.74, 6) is -1.88. The maximum atomic E-state index is 11.2. The monoisotopic (exact) mass is 2150 g/mol. The van der Waals surface area contributed by atoms with Crippen molar-refractivity contribution in [2.24, 2.45) is 15.3 Å². The lowest BCUT2D eigenvalue weighted by Crippen LogP contribution is -2.38. The van der Waals surface area contributed by atoms with E-state index >= 15 is 0 Å². The number of esters is 1. The highest BCUT2D eigenvalue weighted by atomic mass is 32.2. The molecular formula is C86H182N28O26S4. The van der Waals surface area contributed by atoms with Gasteiger partial charge in [-0.15, -0.1) is 11.3 Å². The zero-order valence-electron chi connectivity index (χ0n) is 93.5. The molecular weight excluding hydrogens is 1970 g/mol. The maximum Gasteiger partial charge on any atom is 0.314 e. The van der Waals surface area contributed by atoms with Crippen molar-refractivity contribution in [2.75, 3.05) is 135 Å². The molecule has 1 aromatic rings. The fourth-order valence-corrected chi connectivity index (χ4v) is 5.72. The Morgan fingerprint density at radius 3 is 0.882 bits per heavy atom. The molecule has 2 heterocycles. The summed E-state index contributed by atoms with van der Waals surface area (Å²) in [6.45, 7) is 54.7. The molecule has 0 aromatic carbocycles. The van der Waals surface area contributed by atoms with Crippen molar-refractivity contribution in [3.63, 3.8) is 0 Å². The number of likely N-dealkylation sites (N-methyl/N-ethyl adjacent to an activating group) is 2. The van der Waals surface area contributed by atoms with E-state index in [1.165, 1.54) is 174 Å². The van der Waals surface area contributed by atoms with Gasteiger partial charge in [-0.25, -0.2) is 57.8 Å². The van der Waals surface area contributed by atoms with Crippen LogP contribution < -0.4 is 122 Å². The molecule has 1 fully saturated rings. The zero-order valence-corrected chi connectivity index (χ0v) is 96.8. The van der Waals surface area contributed by atoms with E-state index in [1.54, 1.807) is 95.3 Å². The van der Waals surface area contributed by atoms with Crippen LogP contribution in [0.4, 0.5) is 14.7 Å². The number of thiazole rings is 1. The molecule has 54 nitrogen and oxygen atoms in total. The second-order valence-electron chi connectivity index (χ2n) is 24.8. The first-order valence-electron chi connectivity index (χ1n) is 43.3. The number of aryl methyl sites for hydroxylation is 1. The second kappa shape index (κ2) is 145. The number of thioether (sulfide) groups is 1. The molecule has 0 radical (unpaired) electrons. The fraction of sp³-hybridized carbons (Fsp3) is 0.616. The summed E-state index contributed by atoms with van der Waals surface area (Å²) in [5.41, 5.74) is 26.2. The molecule has 0 atom stereocenters. The van der Waals surface area contributed by atoms with Gasteiger partial charge in [0.2, 0.25) is 109 Å². The van der Waals surface area contributed by atoms with E-state index in [-0.39, 0.29) is 130 Å². The predicted molar refractivity (Wildman–Crippen MR) is 576 cm³/mol. The van der Waals surface area contributed by atoms with Crippen molar-refractivity contribution in [2.45, 2.75) is 234 Å². The molecule has 58 heteroatoms. The summed E-state index contributed by atoms with van der Waals surface area (Å²) in [7, 11) is 11.5. The van der Waals surface area contributed by atoms with Gasteiger partial charge in [-0.3, -0.25) is 129 Å². The van der Waals surface area contributed by atoms with Crippen molar-refractivity contribution < 1.29 is 122 Å². The largest absolute Gasteiger partial charge is 0.469 e. The number of methoxy groups -OCH3 is 1. The van der Waals surface area contributed by atoms with Gasteiger partial charge < -0.3 is 68.1 Å². The van der Waals surface area contributed by atoms with Gasteiger partial charge >= 0.3 is 12.0 Å². The van der Waals surface area contributed by atoms with Crippen LogP contribution in [0, 0.1) is 6.92 Å². The Morgan fingerprint density at radius 2 is 0.785 bits per heavy atom. The van der Waals surface area contributed by atoms with Crippen LogP contribution in [0.3, 0.4) is 0 Å². The van der Waals surface area contributed by atoms with E-state index in [9.17, 15) is 118 Å². The summed E-state index contributed by atoms with van der Waals surface area (Å²) in [6.07, 6.45) is 18.6. The van der Waals surface area contributed by atoms with E-state index in [0.717, 1.165) is 75.4 Å². The molecule has 0 unspecified atom stereocenters. The third-order valence-corrected chi connectivity index (χ3v) is 14.0. The number of Topliss-reactive ketones (excluding diaryl/α,β-unsaturated/α-hetero) is 1. The number of sulfonamides is 2. The van der Waals surface area contributed by atoms with Crippen LogP contribution >= 0.6 is 23.1 Å². The molecule has 1 saturated heterocycles. The van der Waals surface area contributed by atoms with Crippen LogP contribution in [0.15, 0.2) is 56.0 Å². The van der Waals surface area contributed by atoms with Crippen molar-refractivity contribution in [1.82, 2.24) is 127 Å². The molecule has 846 valence electrons. The molecule has 0 bridgehead atoms. The maximum absolute atomic E-state index is 11.2. The number of nitrogens with zero attached hydrogens (tertiary/aromatic N) is 5. The number of hydrazine groups is 4. The number of urea groups is 1. The molecule has 19 amide bonds. The first-order chi connectivity index (χ1) is 66.4. The lowest BCUT2D eigenvalue weighted by molar-refractivity contribution is -0.138. The molecule has 0 saturated carbocycles. The van der Waals surface area contributed by atoms with Gasteiger partial charge in [-0.05, 0) is 141 Å². The van der Waals surface area contributed by atoms with Crippen LogP contribution in [-0.2, 0) is 116 Å². The third-order valence-electron chi connectivity index (χ3n) is 10.6. The standard InChI is InChI=1S/C7H9NO2S.C6H8N2OS.C5H10N2O2.C5H11NO.C5H10O.C5H8O.2C4H8N2O2.C4H10N2O.2C4H8N2O.C4H9NO.C4H8.2C3H8N2O.C3H8N2.2C3H7NO.C3H9N.C3H6O2.2C2H7NO2S/c1-3-5-6(9)8(4-2)7(10)11-5;1-4-3-10-6(7-4)8-5(2)9;1-4(8)7-3-5(9)6-2;1-3-4-6-5(2)7;2*1-3-4-5(2)6;2*1-3(7)5-6-4(2)8;3*1-3-5-6-4(2)7;1-3-5-4(2)6;1-3-4-2;1-4-3(6)5-2;1-3(6)5-4-2;1-3-5-4-2;2*1-3(5)4-2;1-3-4-2;1-3(4)5-2;2*1-3-6(2,4)5/h3H,4H2,1-2H3;3H,1-2H3,(H,7,8,9);3H2,1-2H3,(H,6,9)(H,7,8);3-4H2,1-2H3,(H,6,7);3-4H2,1-2H3;3-4H,1-2H3;2*1-2H3,(H,5,7)(H,6,8);5H,3H2,1-2H3,(H,6,7);2*3H,1-2H3,(H,6,7);3H2,1-2H3,(H,5,6);3-4H,1-2H3;1-2H3,(H2,4,5,6);4H,1-2H3,(H,5,6);3-4H,1-2H3;2*1-2H3,(H,4,5);4H,3H2,1-2H3;1-2H3;2*3H,1-2H3/b5-3-;;;;;4-3+;;;;;;;4-3+;;;;;;;;;. The Balaban J connectivity index is -0.0000000624. The number of carbonyl (C=O) groups is 21. The van der Waals surface area contributed by atoms with Crippen LogP contribution in [-0.4, -0.2) is 298 Å². The number of nitrogens with one attached hydrogen (secondary N) is 23. The molecule has 0 aliphatic carbocycles. The number of rotatable bonds is 19. The number of ketones is 2. The Kier molecular flexibility index (Phi) is 181. The van der Waals surface area contributed by atoms with Crippen LogP contribution in [0.5, 0.6) is 0 Å². The Hall–Kier alpha value is -13.0. The smallest absolute Gasteiger partial charge is 0.314 e. The van der Waals surface area contributed by atoms with E-state index in [2.05, 4.69) is 154 Å². The summed E-state index contributed by atoms with van der Waals surface area (Å²) < 4.78 is 47.8. The summed E-state index contributed by atoms with van der Waals surface area (Å²) >= 11 is 2.44. The predicted octanol–water partition coefficient (Wildman–Crippen LogP) is 2.17. The number of aromatic nitrogens is 1. The number of carbonyl (C=O) groups excluding carboxylic acids is 21. The number of anilines is 1. The van der Waals surface area contributed by atoms with E-state index in [1.807, 2.05) is 86.9 Å². The lowest BCUT2D eigenvalue weighted by Gasteiger charge is -2.06. The highest BCUT2D eigenvalue weighted by Gasteiger charge is 2.33. The van der Waals surface area contributed by atoms with E-state index in [4.69, 9.17) is 0 Å². The van der Waals surface area contributed by atoms with Crippen LogP contribution in [0.25, 0.3) is 0 Å². The fourth-order valence-electron chi connectivity index (χ4n) is 4.16. The number of hydrogen-bond acceptors (Lipinski definition) is 36. The molecule has 2 rings (SSSR count). The van der Waals surface area contributed by atoms with Gasteiger partial charge in [0.25, 0.3) is 11.1 Å². The summed E-state index contributed by atoms with van der Waals surface area (Å²) in [4.78, 5) is 218. The quantitative estimate of drug-likeness (QED) is 0.0310. The number of hydrazone groups is 3. The zero-order chi connectivity index (χ0) is 118. The van der Waals surface area contributed by atoms with Crippen molar-refractivity contribution in [3.8, 4) is 0 Å². The molecule has 144 heavy (non-hydrogen) atoms. The summed E-state index contributed by atoms with van der Waals surface area (Å²) in [5, 5.41) is 37.9. The van der Waals surface area contributed by atoms with Gasteiger partial charge in [-0.1, -0.05) is 52.0 Å². The molecule has 1 aliphatic rings. The topological polar surface area (TPSA) is 766 Å². The third kappa shape index (κ3) is 293. The van der Waals surface area contributed by atoms with Crippen LogP contribution in [0.1, 0.15) is 233 Å². The lowest BCUT2D eigenvalue weighted by atomic mass is 10.3. The highest BCUT2D eigenvalue weighted by Crippen LogP contribution is 2.29. The van der Waals surface area contributed by atoms with Crippen LogP contribution in [0.2, 0.25) is 0 Å². The molecule has 1 aliphatic heterocycles. The van der Waals surface area contributed by atoms with Gasteiger partial charge in [0.15, 0.2) is 10.9 Å². The van der Waals surface area contributed by atoms with Gasteiger partial charge in [0.1, 0.15) is 5.78 Å². The highest BCUT2D eigenvalue weighted by molar-refractivity contribution is 8.18. The van der Waals surface area contributed by atoms with Crippen molar-refractivity contribution in [1.29, 1.82) is 0 Å². The number of imide groups is 1. The minimum Gasteiger partial charge on any atom is -0.469 e. The minimum atomic E-state index is -2.91. The first-order valence-corrected chi connectivity index (χ1v) is 48.8. The molecule has 23 N–H and O–H groups in total. The summed E-state index contributed by atoms with van der Waals surface area (Å²) in [6, 6.07) is -0.157. The second-order valence-corrected chi connectivity index (χ2v) is 30.6. The van der Waals surface area contributed by atoms with E-state index in [0.29, 0.717) is 16.6 Å². The number of allylic oxidation sites excluding steroid dienone is 5. The van der Waals surface area contributed by atoms with Crippen molar-refractivity contribution >= 4 is 190 Å². The number of ether oxygens (including phenoxy) is 1. The number of amides is 19. The number of hydrogen-bond donors (Lipinski definition) is 23.